The summed E-state index contributed by atoms with van der Waals surface area (Å²) >= 11 is 3.59. The zero-order chi connectivity index (χ0) is 7.56. The first-order chi connectivity index (χ1) is 4.72. The summed E-state index contributed by atoms with van der Waals surface area (Å²) in [5, 5.41) is 0.323. The fraction of sp³-hybridized carbons (Fsp3) is 0. The van der Waals surface area contributed by atoms with Gasteiger partial charge in [0.1, 0.15) is 0 Å². The van der Waals surface area contributed by atoms with E-state index in [0.717, 1.165) is 0 Å². The minimum atomic E-state index is -1.97. The summed E-state index contributed by atoms with van der Waals surface area (Å²) in [6.45, 7) is 0. The van der Waals surface area contributed by atoms with Crippen LogP contribution in [0.5, 0.6) is 0 Å². The van der Waals surface area contributed by atoms with Gasteiger partial charge in [0.05, 0.1) is 9.92 Å². The van der Waals surface area contributed by atoms with Crippen molar-refractivity contribution in [2.75, 3.05) is 0 Å². The largest absolute Gasteiger partial charge is 1.00 e. The van der Waals surface area contributed by atoms with E-state index >= 15 is 0 Å². The Bertz CT molecular complexity index is 267. The molecule has 1 rings (SSSR count). The van der Waals surface area contributed by atoms with Crippen LogP contribution < -0.4 is 29.6 Å². The molecule has 0 amide bonds. The van der Waals surface area contributed by atoms with Gasteiger partial charge in [-0.2, -0.15) is 0 Å². The molecule has 0 spiro atoms. The van der Waals surface area contributed by atoms with Gasteiger partial charge in [-0.05, 0) is 12.1 Å². The summed E-state index contributed by atoms with van der Waals surface area (Å²) in [5.74, 6) is 0. The maximum absolute atomic E-state index is 10.4. The Labute approximate surface area is 94.5 Å². The SMILES string of the molecule is O=S(O)c1ccccc1Cl.[Na+]. The molecule has 0 saturated carbocycles. The minimum Gasteiger partial charge on any atom is -0.302 e. The molecule has 5 heteroatoms. The Kier molecular flexibility index (Phi) is 5.60. The zero-order valence-electron chi connectivity index (χ0n) is 5.95. The van der Waals surface area contributed by atoms with Crippen LogP contribution in [0.3, 0.4) is 0 Å². The van der Waals surface area contributed by atoms with Crippen LogP contribution in [0.4, 0.5) is 0 Å². The van der Waals surface area contributed by atoms with Crippen LogP contribution in [-0.4, -0.2) is 8.76 Å². The molecule has 0 fully saturated rings. The van der Waals surface area contributed by atoms with Gasteiger partial charge < -0.3 is 4.55 Å². The molecule has 1 unspecified atom stereocenters. The molecule has 0 bridgehead atoms. The molecular weight excluding hydrogens is 195 g/mol. The van der Waals surface area contributed by atoms with Gasteiger partial charge in [-0.25, -0.2) is 4.21 Å². The molecule has 0 aromatic heterocycles. The average molecular weight is 200 g/mol. The number of halogens is 1. The molecule has 2 nitrogen and oxygen atoms in total. The van der Waals surface area contributed by atoms with Crippen molar-refractivity contribution in [2.24, 2.45) is 0 Å². The van der Waals surface area contributed by atoms with Gasteiger partial charge in [0.15, 0.2) is 11.1 Å². The van der Waals surface area contributed by atoms with Gasteiger partial charge in [0.25, 0.3) is 0 Å². The summed E-state index contributed by atoms with van der Waals surface area (Å²) in [5.41, 5.74) is 0. The van der Waals surface area contributed by atoms with Crippen molar-refractivity contribution < 1.29 is 38.3 Å². The van der Waals surface area contributed by atoms with Crippen molar-refractivity contribution in [3.8, 4) is 0 Å². The van der Waals surface area contributed by atoms with Gasteiger partial charge in [-0.3, -0.25) is 0 Å². The number of hydrogen-bond acceptors (Lipinski definition) is 1. The first-order valence-corrected chi connectivity index (χ1v) is 4.05. The van der Waals surface area contributed by atoms with E-state index in [9.17, 15) is 4.21 Å². The summed E-state index contributed by atoms with van der Waals surface area (Å²) in [4.78, 5) is 0.254. The molecule has 0 aliphatic rings. The monoisotopic (exact) mass is 199 g/mol. The van der Waals surface area contributed by atoms with Crippen LogP contribution >= 0.6 is 11.6 Å². The van der Waals surface area contributed by atoms with Crippen molar-refractivity contribution >= 4 is 22.7 Å². The first-order valence-electron chi connectivity index (χ1n) is 2.57. The smallest absolute Gasteiger partial charge is 0.302 e. The van der Waals surface area contributed by atoms with Crippen molar-refractivity contribution in [3.05, 3.63) is 29.3 Å². The number of benzene rings is 1. The molecule has 1 aromatic carbocycles. The molecule has 0 aliphatic heterocycles. The zero-order valence-corrected chi connectivity index (χ0v) is 9.52. The van der Waals surface area contributed by atoms with Gasteiger partial charge in [-0.1, -0.05) is 23.7 Å². The second-order valence-electron chi connectivity index (χ2n) is 1.68. The first kappa shape index (κ1) is 11.6. The third-order valence-corrected chi connectivity index (χ3v) is 2.20. The van der Waals surface area contributed by atoms with Gasteiger partial charge in [0, 0.05) is 0 Å². The summed E-state index contributed by atoms with van der Waals surface area (Å²) in [7, 11) is 0. The maximum atomic E-state index is 10.4. The number of rotatable bonds is 1. The van der Waals surface area contributed by atoms with E-state index in [1.165, 1.54) is 6.07 Å². The van der Waals surface area contributed by atoms with Crippen LogP contribution in [0.15, 0.2) is 29.2 Å². The van der Waals surface area contributed by atoms with Crippen molar-refractivity contribution in [3.63, 3.8) is 0 Å². The summed E-state index contributed by atoms with van der Waals surface area (Å²) < 4.78 is 19.0. The average Bonchev–Trinajstić information content (AvgIpc) is 1.88. The van der Waals surface area contributed by atoms with Gasteiger partial charge in [0.2, 0.25) is 0 Å². The maximum Gasteiger partial charge on any atom is 1.00 e. The quantitative estimate of drug-likeness (QED) is 0.462. The molecular formula is C6H5ClNaO2S+. The van der Waals surface area contributed by atoms with Gasteiger partial charge >= 0.3 is 29.6 Å². The second-order valence-corrected chi connectivity index (χ2v) is 3.02. The fourth-order valence-electron chi connectivity index (χ4n) is 0.586. The van der Waals surface area contributed by atoms with Gasteiger partial charge in [-0.15, -0.1) is 0 Å². The van der Waals surface area contributed by atoms with Crippen molar-refractivity contribution in [1.29, 1.82) is 0 Å². The van der Waals surface area contributed by atoms with Crippen LogP contribution in [0, 0.1) is 0 Å². The van der Waals surface area contributed by atoms with Crippen LogP contribution in [0.1, 0.15) is 0 Å². The summed E-state index contributed by atoms with van der Waals surface area (Å²) in [6, 6.07) is 6.46. The normalized spacial score (nSPS) is 11.8. The van der Waals surface area contributed by atoms with E-state index in [0.29, 0.717) is 5.02 Å². The molecule has 0 saturated heterocycles. The fourth-order valence-corrected chi connectivity index (χ4v) is 1.35. The molecule has 1 aromatic rings. The molecule has 0 aliphatic carbocycles. The van der Waals surface area contributed by atoms with E-state index in [4.69, 9.17) is 16.2 Å². The van der Waals surface area contributed by atoms with Crippen LogP contribution in [-0.2, 0) is 11.1 Å². The Balaban J connectivity index is 0.000001000. The molecule has 1 atom stereocenters. The Hall–Kier alpha value is 0.620. The topological polar surface area (TPSA) is 37.3 Å². The molecule has 54 valence electrons. The summed E-state index contributed by atoms with van der Waals surface area (Å²) in [6.07, 6.45) is 0. The van der Waals surface area contributed by atoms with E-state index in [-0.39, 0.29) is 34.5 Å². The van der Waals surface area contributed by atoms with Crippen LogP contribution in [0.2, 0.25) is 5.02 Å². The standard InChI is InChI=1S/C6H5ClO2S.Na/c7-5-3-1-2-4-6(5)10(8)9;/h1-4H,(H,8,9);/q;+1. The molecule has 0 heterocycles. The third kappa shape index (κ3) is 3.23. The molecule has 11 heavy (non-hydrogen) atoms. The number of hydrogen-bond donors (Lipinski definition) is 1. The predicted molar refractivity (Wildman–Crippen MR) is 40.5 cm³/mol. The van der Waals surface area contributed by atoms with E-state index in [1.54, 1.807) is 18.2 Å². The Morgan fingerprint density at radius 3 is 2.27 bits per heavy atom. The minimum absolute atomic E-state index is 0. The Morgan fingerprint density at radius 2 is 1.91 bits per heavy atom. The second kappa shape index (κ2) is 5.30. The van der Waals surface area contributed by atoms with E-state index in [2.05, 4.69) is 0 Å². The molecule has 1 N–H and O–H groups in total. The van der Waals surface area contributed by atoms with Crippen molar-refractivity contribution in [2.45, 2.75) is 4.90 Å². The third-order valence-electron chi connectivity index (χ3n) is 1.02. The van der Waals surface area contributed by atoms with E-state index < -0.39 is 11.1 Å². The van der Waals surface area contributed by atoms with Crippen LogP contribution in [0.25, 0.3) is 0 Å². The van der Waals surface area contributed by atoms with Crippen molar-refractivity contribution in [1.82, 2.24) is 0 Å². The predicted octanol–water partition coefficient (Wildman–Crippen LogP) is -1.08. The van der Waals surface area contributed by atoms with E-state index in [1.807, 2.05) is 0 Å². The Morgan fingerprint density at radius 1 is 1.36 bits per heavy atom. The molecule has 0 radical (unpaired) electrons.